The monoisotopic (exact) mass is 305 g/mol. The lowest BCUT2D eigenvalue weighted by atomic mass is 10.2. The second-order valence-electron chi connectivity index (χ2n) is 4.23. The van der Waals surface area contributed by atoms with E-state index in [1.807, 2.05) is 20.8 Å². The van der Waals surface area contributed by atoms with Crippen LogP contribution in [0.5, 0.6) is 0 Å². The predicted molar refractivity (Wildman–Crippen MR) is 69.6 cm³/mol. The Morgan fingerprint density at radius 3 is 2.56 bits per heavy atom. The van der Waals surface area contributed by atoms with Crippen molar-refractivity contribution in [1.82, 2.24) is 0 Å². The van der Waals surface area contributed by atoms with Crippen molar-refractivity contribution in [1.29, 1.82) is 0 Å². The summed E-state index contributed by atoms with van der Waals surface area (Å²) in [6.07, 6.45) is 1.31. The van der Waals surface area contributed by atoms with Gasteiger partial charge >= 0.3 is 0 Å². The zero-order valence-corrected chi connectivity index (χ0v) is 11.7. The Balaban J connectivity index is 2.98. The van der Waals surface area contributed by atoms with Crippen LogP contribution in [0.15, 0.2) is 27.1 Å². The number of nitrogens with zero attached hydrogens (tertiary/aromatic N) is 1. The summed E-state index contributed by atoms with van der Waals surface area (Å²) in [5.41, 5.74) is 0.320. The van der Waals surface area contributed by atoms with Gasteiger partial charge in [0.2, 0.25) is 0 Å². The molecule has 1 atom stereocenters. The topological polar surface area (TPSA) is 29.4 Å². The maximum atomic E-state index is 13.4. The van der Waals surface area contributed by atoms with E-state index in [1.165, 1.54) is 12.3 Å². The first kappa shape index (κ1) is 13.5. The minimum atomic E-state index is -1.37. The van der Waals surface area contributed by atoms with Crippen LogP contribution in [0.1, 0.15) is 26.3 Å². The lowest BCUT2D eigenvalue weighted by Gasteiger charge is -2.12. The highest BCUT2D eigenvalue weighted by atomic mass is 79.9. The summed E-state index contributed by atoms with van der Waals surface area (Å²) in [6, 6.07) is 4.65. The molecule has 0 aliphatic carbocycles. The highest BCUT2D eigenvalue weighted by molar-refractivity contribution is 9.10. The lowest BCUT2D eigenvalue weighted by molar-refractivity contribution is 0.625. The van der Waals surface area contributed by atoms with Gasteiger partial charge < -0.3 is 0 Å². The molecule has 0 fully saturated rings. The maximum absolute atomic E-state index is 13.4. The molecule has 0 bridgehead atoms. The third kappa shape index (κ3) is 3.49. The molecule has 0 aliphatic heterocycles. The Morgan fingerprint density at radius 2 is 2.06 bits per heavy atom. The van der Waals surface area contributed by atoms with Crippen molar-refractivity contribution >= 4 is 33.1 Å². The summed E-state index contributed by atoms with van der Waals surface area (Å²) in [5.74, 6) is -0.385. The van der Waals surface area contributed by atoms with E-state index in [1.54, 1.807) is 12.1 Å². The molecule has 0 N–H and O–H groups in total. The molecule has 16 heavy (non-hydrogen) atoms. The molecule has 0 saturated heterocycles. The highest BCUT2D eigenvalue weighted by Crippen LogP contribution is 2.18. The van der Waals surface area contributed by atoms with Gasteiger partial charge in [-0.3, -0.25) is 0 Å². The van der Waals surface area contributed by atoms with Gasteiger partial charge in [0, 0.05) is 16.3 Å². The molecular formula is C11H13BrFNOS. The Bertz CT molecular complexity index is 420. The van der Waals surface area contributed by atoms with E-state index in [0.717, 1.165) is 0 Å². The third-order valence-corrected chi connectivity index (χ3v) is 3.84. The van der Waals surface area contributed by atoms with Crippen LogP contribution < -0.4 is 0 Å². The molecule has 88 valence electrons. The van der Waals surface area contributed by atoms with Gasteiger partial charge in [0.1, 0.15) is 16.8 Å². The van der Waals surface area contributed by atoms with Crippen LogP contribution in [0, 0.1) is 5.82 Å². The smallest absolute Gasteiger partial charge is 0.144 e. The maximum Gasteiger partial charge on any atom is 0.144 e. The summed E-state index contributed by atoms with van der Waals surface area (Å²) in [7, 11) is -1.37. The third-order valence-electron chi connectivity index (χ3n) is 1.80. The number of halogens is 2. The van der Waals surface area contributed by atoms with Gasteiger partial charge in [-0.1, -0.05) is 22.0 Å². The van der Waals surface area contributed by atoms with Crippen molar-refractivity contribution in [3.8, 4) is 0 Å². The molecule has 0 saturated carbocycles. The van der Waals surface area contributed by atoms with E-state index in [0.29, 0.717) is 10.0 Å². The van der Waals surface area contributed by atoms with Crippen molar-refractivity contribution in [2.24, 2.45) is 4.40 Å². The molecule has 0 radical (unpaired) electrons. The normalized spacial score (nSPS) is 14.3. The average Bonchev–Trinajstić information content (AvgIpc) is 2.15. The van der Waals surface area contributed by atoms with Crippen LogP contribution in [-0.2, 0) is 11.0 Å². The molecule has 0 aromatic heterocycles. The standard InChI is InChI=1S/C11H13BrFNOS/c1-11(2,3)16(15)14-7-8-9(12)5-4-6-10(8)13/h4-7H,1-3H3/t16-/m1/s1. The molecule has 0 unspecified atom stereocenters. The summed E-state index contributed by atoms with van der Waals surface area (Å²) in [4.78, 5) is 0. The molecule has 1 rings (SSSR count). The van der Waals surface area contributed by atoms with Gasteiger partial charge in [-0.2, -0.15) is 4.40 Å². The van der Waals surface area contributed by atoms with Gasteiger partial charge in [-0.05, 0) is 32.9 Å². The molecule has 1 aromatic carbocycles. The van der Waals surface area contributed by atoms with Gasteiger partial charge in [0.15, 0.2) is 0 Å². The van der Waals surface area contributed by atoms with Crippen LogP contribution >= 0.6 is 15.9 Å². The fraction of sp³-hybridized carbons (Fsp3) is 0.364. The Hall–Kier alpha value is -0.550. The summed E-state index contributed by atoms with van der Waals surface area (Å²) in [6.45, 7) is 5.45. The number of benzene rings is 1. The van der Waals surface area contributed by atoms with Crippen LogP contribution in [0.2, 0.25) is 0 Å². The minimum Gasteiger partial charge on any atom is -0.234 e. The fourth-order valence-corrected chi connectivity index (χ4v) is 1.85. The zero-order valence-electron chi connectivity index (χ0n) is 9.33. The summed E-state index contributed by atoms with van der Waals surface area (Å²) < 4.78 is 29.0. The molecule has 0 spiro atoms. The van der Waals surface area contributed by atoms with Crippen LogP contribution in [-0.4, -0.2) is 15.2 Å². The quantitative estimate of drug-likeness (QED) is 0.769. The molecule has 0 aliphatic rings. The first-order valence-electron chi connectivity index (χ1n) is 4.72. The molecule has 5 heteroatoms. The van der Waals surface area contributed by atoms with E-state index >= 15 is 0 Å². The Kier molecular flexibility index (Phi) is 4.38. The average molecular weight is 306 g/mol. The summed E-state index contributed by atoms with van der Waals surface area (Å²) in [5, 5.41) is 0. The Morgan fingerprint density at radius 1 is 1.44 bits per heavy atom. The summed E-state index contributed by atoms with van der Waals surface area (Å²) >= 11 is 3.22. The van der Waals surface area contributed by atoms with E-state index in [2.05, 4.69) is 20.3 Å². The molecule has 2 nitrogen and oxygen atoms in total. The number of rotatable bonds is 2. The molecule has 0 amide bonds. The lowest BCUT2D eigenvalue weighted by Crippen LogP contribution is -2.19. The van der Waals surface area contributed by atoms with E-state index in [9.17, 15) is 8.60 Å². The second kappa shape index (κ2) is 5.19. The number of hydrogen-bond acceptors (Lipinski definition) is 1. The van der Waals surface area contributed by atoms with Gasteiger partial charge in [0.25, 0.3) is 0 Å². The molecular weight excluding hydrogens is 293 g/mol. The predicted octanol–water partition coefficient (Wildman–Crippen LogP) is 3.47. The van der Waals surface area contributed by atoms with Crippen molar-refractivity contribution in [3.63, 3.8) is 0 Å². The van der Waals surface area contributed by atoms with Gasteiger partial charge in [-0.15, -0.1) is 0 Å². The molecule has 1 aromatic rings. The number of hydrogen-bond donors (Lipinski definition) is 0. The van der Waals surface area contributed by atoms with Crippen molar-refractivity contribution in [3.05, 3.63) is 34.1 Å². The largest absolute Gasteiger partial charge is 0.234 e. The van der Waals surface area contributed by atoms with Crippen molar-refractivity contribution in [2.45, 2.75) is 25.5 Å². The van der Waals surface area contributed by atoms with E-state index < -0.39 is 15.7 Å². The van der Waals surface area contributed by atoms with Crippen molar-refractivity contribution < 1.29 is 8.60 Å². The SMILES string of the molecule is CC(C)(C)[S@@](=O)N=Cc1c(F)cccc1Br. The van der Waals surface area contributed by atoms with Crippen LogP contribution in [0.4, 0.5) is 4.39 Å². The van der Waals surface area contributed by atoms with Gasteiger partial charge in [-0.25, -0.2) is 8.60 Å². The molecule has 0 heterocycles. The second-order valence-corrected chi connectivity index (χ2v) is 7.02. The Labute approximate surface area is 106 Å². The fourth-order valence-electron chi connectivity index (χ4n) is 0.893. The van der Waals surface area contributed by atoms with Crippen LogP contribution in [0.25, 0.3) is 0 Å². The van der Waals surface area contributed by atoms with E-state index in [-0.39, 0.29) is 5.82 Å². The van der Waals surface area contributed by atoms with E-state index in [4.69, 9.17) is 0 Å². The first-order valence-corrected chi connectivity index (χ1v) is 6.62. The highest BCUT2D eigenvalue weighted by Gasteiger charge is 2.18. The van der Waals surface area contributed by atoms with Crippen molar-refractivity contribution in [2.75, 3.05) is 0 Å². The van der Waals surface area contributed by atoms with Crippen LogP contribution in [0.3, 0.4) is 0 Å². The minimum absolute atomic E-state index is 0.320. The zero-order chi connectivity index (χ0) is 12.3. The first-order chi connectivity index (χ1) is 7.32. The van der Waals surface area contributed by atoms with Gasteiger partial charge in [0.05, 0.1) is 4.75 Å².